The Balaban J connectivity index is 2.94. The van der Waals surface area contributed by atoms with E-state index in [2.05, 4.69) is 21.2 Å². The van der Waals surface area contributed by atoms with Gasteiger partial charge >= 0.3 is 5.97 Å². The number of amides is 1. The van der Waals surface area contributed by atoms with Crippen LogP contribution < -0.4 is 5.32 Å². The van der Waals surface area contributed by atoms with Crippen LogP contribution in [0.1, 0.15) is 23.7 Å². The zero-order chi connectivity index (χ0) is 13.0. The lowest BCUT2D eigenvalue weighted by Crippen LogP contribution is -2.16. The van der Waals surface area contributed by atoms with Gasteiger partial charge in [-0.05, 0) is 25.1 Å². The number of hydrogen-bond donors (Lipinski definition) is 2. The largest absolute Gasteiger partial charge is 0.478 e. The molecule has 0 radical (unpaired) electrons. The molecule has 1 aromatic carbocycles. The highest BCUT2D eigenvalue weighted by molar-refractivity contribution is 9.10. The van der Waals surface area contributed by atoms with E-state index >= 15 is 0 Å². The zero-order valence-corrected chi connectivity index (χ0v) is 10.6. The quantitative estimate of drug-likeness (QED) is 0.834. The predicted molar refractivity (Wildman–Crippen MR) is 65.0 cm³/mol. The van der Waals surface area contributed by atoms with Crippen LogP contribution in [0.5, 0.6) is 0 Å². The monoisotopic (exact) mass is 299 g/mol. The number of Topliss-reactive ketones (excluding diaryl/α,β-unsaturated/α-hetero) is 1. The minimum absolute atomic E-state index is 0.0312. The maximum absolute atomic E-state index is 11.3. The first-order valence-corrected chi connectivity index (χ1v) is 5.51. The first kappa shape index (κ1) is 13.4. The lowest BCUT2D eigenvalue weighted by molar-refractivity contribution is -0.124. The minimum Gasteiger partial charge on any atom is -0.478 e. The molecule has 0 saturated carbocycles. The van der Waals surface area contributed by atoms with E-state index in [1.54, 1.807) is 6.07 Å². The highest BCUT2D eigenvalue weighted by Gasteiger charge is 2.13. The van der Waals surface area contributed by atoms with Crippen molar-refractivity contribution >= 4 is 39.3 Å². The third-order valence-electron chi connectivity index (χ3n) is 1.90. The summed E-state index contributed by atoms with van der Waals surface area (Å²) in [6, 6.07) is 4.45. The molecule has 0 aliphatic heterocycles. The highest BCUT2D eigenvalue weighted by Crippen LogP contribution is 2.21. The fourth-order valence-electron chi connectivity index (χ4n) is 1.22. The van der Waals surface area contributed by atoms with E-state index in [0.29, 0.717) is 4.47 Å². The van der Waals surface area contributed by atoms with E-state index in [-0.39, 0.29) is 23.5 Å². The normalized spacial score (nSPS) is 9.76. The Morgan fingerprint density at radius 3 is 2.53 bits per heavy atom. The molecule has 1 amide bonds. The Labute approximate surface area is 106 Å². The molecule has 5 nitrogen and oxygen atoms in total. The van der Waals surface area contributed by atoms with Crippen molar-refractivity contribution in [2.75, 3.05) is 5.32 Å². The molecule has 6 heteroatoms. The summed E-state index contributed by atoms with van der Waals surface area (Å²) in [7, 11) is 0. The molecule has 0 aliphatic rings. The van der Waals surface area contributed by atoms with E-state index < -0.39 is 11.9 Å². The second-order valence-electron chi connectivity index (χ2n) is 3.42. The average molecular weight is 300 g/mol. The molecule has 2 N–H and O–H groups in total. The summed E-state index contributed by atoms with van der Waals surface area (Å²) >= 11 is 3.14. The van der Waals surface area contributed by atoms with Crippen molar-refractivity contribution in [2.45, 2.75) is 13.3 Å². The van der Waals surface area contributed by atoms with Crippen LogP contribution in [0, 0.1) is 0 Å². The highest BCUT2D eigenvalue weighted by atomic mass is 79.9. The van der Waals surface area contributed by atoms with Crippen LogP contribution in [-0.4, -0.2) is 22.8 Å². The maximum atomic E-state index is 11.3. The number of carboxylic acids is 1. The van der Waals surface area contributed by atoms with Gasteiger partial charge in [0.1, 0.15) is 5.78 Å². The number of carbonyl (C=O) groups excluding carboxylic acids is 2. The Hall–Kier alpha value is -1.69. The maximum Gasteiger partial charge on any atom is 0.337 e. The van der Waals surface area contributed by atoms with Crippen molar-refractivity contribution < 1.29 is 19.5 Å². The lowest BCUT2D eigenvalue weighted by atomic mass is 10.1. The van der Waals surface area contributed by atoms with Gasteiger partial charge in [0.2, 0.25) is 5.91 Å². The van der Waals surface area contributed by atoms with E-state index in [0.717, 1.165) is 0 Å². The number of hydrogen-bond acceptors (Lipinski definition) is 3. The first-order valence-electron chi connectivity index (χ1n) is 4.72. The number of anilines is 1. The Kier molecular flexibility index (Phi) is 4.39. The van der Waals surface area contributed by atoms with Gasteiger partial charge in [0.05, 0.1) is 17.7 Å². The topological polar surface area (TPSA) is 83.5 Å². The van der Waals surface area contributed by atoms with Crippen molar-refractivity contribution in [1.29, 1.82) is 0 Å². The molecule has 0 spiro atoms. The second kappa shape index (κ2) is 5.58. The molecule has 0 saturated heterocycles. The van der Waals surface area contributed by atoms with E-state index in [9.17, 15) is 14.4 Å². The summed E-state index contributed by atoms with van der Waals surface area (Å²) in [4.78, 5) is 33.0. The first-order chi connectivity index (χ1) is 7.90. The van der Waals surface area contributed by atoms with E-state index in [4.69, 9.17) is 5.11 Å². The molecule has 0 heterocycles. The molecule has 0 atom stereocenters. The third-order valence-corrected chi connectivity index (χ3v) is 2.39. The smallest absolute Gasteiger partial charge is 0.337 e. The zero-order valence-electron chi connectivity index (χ0n) is 8.99. The Bertz CT molecular complexity index is 484. The van der Waals surface area contributed by atoms with Crippen molar-refractivity contribution in [1.82, 2.24) is 0 Å². The van der Waals surface area contributed by atoms with Crippen molar-refractivity contribution in [2.24, 2.45) is 0 Å². The predicted octanol–water partition coefficient (Wildman–Crippen LogP) is 2.06. The van der Waals surface area contributed by atoms with Crippen LogP contribution in [-0.2, 0) is 9.59 Å². The number of carbonyl (C=O) groups is 3. The molecule has 0 aromatic heterocycles. The summed E-state index contributed by atoms with van der Waals surface area (Å²) in [5.41, 5.74) is 0.142. The van der Waals surface area contributed by atoms with Crippen LogP contribution in [0.2, 0.25) is 0 Å². The van der Waals surface area contributed by atoms with Gasteiger partial charge in [-0.25, -0.2) is 4.79 Å². The SMILES string of the molecule is CC(=O)CC(=O)Nc1ccc(Br)cc1C(=O)O. The van der Waals surface area contributed by atoms with Gasteiger partial charge < -0.3 is 10.4 Å². The number of aromatic carboxylic acids is 1. The number of ketones is 1. The molecule has 1 rings (SSSR count). The van der Waals surface area contributed by atoms with Gasteiger partial charge in [0.25, 0.3) is 0 Å². The van der Waals surface area contributed by atoms with Crippen LogP contribution >= 0.6 is 15.9 Å². The van der Waals surface area contributed by atoms with Crippen LogP contribution in [0.15, 0.2) is 22.7 Å². The lowest BCUT2D eigenvalue weighted by Gasteiger charge is -2.07. The van der Waals surface area contributed by atoms with Gasteiger partial charge in [-0.15, -0.1) is 0 Å². The third kappa shape index (κ3) is 3.99. The van der Waals surface area contributed by atoms with Crippen LogP contribution in [0.4, 0.5) is 5.69 Å². The summed E-state index contributed by atoms with van der Waals surface area (Å²) in [6.07, 6.45) is -0.269. The summed E-state index contributed by atoms with van der Waals surface area (Å²) in [5.74, 6) is -1.96. The van der Waals surface area contributed by atoms with Gasteiger partial charge in [-0.2, -0.15) is 0 Å². The molecular formula is C11H10BrNO4. The molecule has 0 bridgehead atoms. The molecule has 0 unspecified atom stereocenters. The molecule has 17 heavy (non-hydrogen) atoms. The van der Waals surface area contributed by atoms with E-state index in [1.807, 2.05) is 0 Å². The number of benzene rings is 1. The van der Waals surface area contributed by atoms with Crippen molar-refractivity contribution in [3.8, 4) is 0 Å². The second-order valence-corrected chi connectivity index (χ2v) is 4.34. The van der Waals surface area contributed by atoms with Gasteiger partial charge in [0, 0.05) is 4.47 Å². The molecule has 0 aliphatic carbocycles. The Morgan fingerprint density at radius 1 is 1.35 bits per heavy atom. The van der Waals surface area contributed by atoms with Crippen molar-refractivity contribution in [3.63, 3.8) is 0 Å². The molecule has 1 aromatic rings. The van der Waals surface area contributed by atoms with Crippen molar-refractivity contribution in [3.05, 3.63) is 28.2 Å². The number of carboxylic acid groups (broad SMARTS) is 1. The fourth-order valence-corrected chi connectivity index (χ4v) is 1.58. The minimum atomic E-state index is -1.15. The average Bonchev–Trinajstić information content (AvgIpc) is 2.19. The summed E-state index contributed by atoms with van der Waals surface area (Å²) < 4.78 is 0.597. The fraction of sp³-hybridized carbons (Fsp3) is 0.182. The van der Waals surface area contributed by atoms with Gasteiger partial charge in [-0.1, -0.05) is 15.9 Å². The standard InChI is InChI=1S/C11H10BrNO4/c1-6(14)4-10(15)13-9-3-2-7(12)5-8(9)11(16)17/h2-3,5H,4H2,1H3,(H,13,15)(H,16,17). The number of rotatable bonds is 4. The number of halogens is 1. The molecule has 90 valence electrons. The van der Waals surface area contributed by atoms with Gasteiger partial charge in [0.15, 0.2) is 0 Å². The summed E-state index contributed by atoms with van der Waals surface area (Å²) in [5, 5.41) is 11.3. The number of nitrogens with one attached hydrogen (secondary N) is 1. The van der Waals surface area contributed by atoms with Gasteiger partial charge in [-0.3, -0.25) is 9.59 Å². The Morgan fingerprint density at radius 2 is 2.00 bits per heavy atom. The van der Waals surface area contributed by atoms with E-state index in [1.165, 1.54) is 19.1 Å². The summed E-state index contributed by atoms with van der Waals surface area (Å²) in [6.45, 7) is 1.29. The van der Waals surface area contributed by atoms with Crippen LogP contribution in [0.3, 0.4) is 0 Å². The van der Waals surface area contributed by atoms with Crippen LogP contribution in [0.25, 0.3) is 0 Å². The molecule has 0 fully saturated rings. The molecular weight excluding hydrogens is 290 g/mol.